The molecular weight excluding hydrogens is 297 g/mol. The van der Waals surface area contributed by atoms with Gasteiger partial charge in [0.05, 0.1) is 22.4 Å². The summed E-state index contributed by atoms with van der Waals surface area (Å²) < 4.78 is 5.16. The van der Waals surface area contributed by atoms with Gasteiger partial charge in [0.25, 0.3) is 0 Å². The van der Waals surface area contributed by atoms with E-state index in [1.54, 1.807) is 36.6 Å². The molecule has 0 fully saturated rings. The fourth-order valence-corrected chi connectivity index (χ4v) is 2.18. The molecule has 0 saturated carbocycles. The molecule has 1 unspecified atom stereocenters. The highest BCUT2D eigenvalue weighted by molar-refractivity contribution is 6.42. The van der Waals surface area contributed by atoms with Gasteiger partial charge in [-0.1, -0.05) is 29.3 Å². The highest BCUT2D eigenvalue weighted by Crippen LogP contribution is 2.27. The van der Waals surface area contributed by atoms with Gasteiger partial charge in [-0.15, -0.1) is 0 Å². The highest BCUT2D eigenvalue weighted by atomic mass is 35.5. The molecule has 0 amide bonds. The predicted molar refractivity (Wildman–Crippen MR) is 76.9 cm³/mol. The number of furan rings is 1. The third-order valence-corrected chi connectivity index (χ3v) is 3.66. The van der Waals surface area contributed by atoms with Crippen LogP contribution in [-0.2, 0) is 11.2 Å². The van der Waals surface area contributed by atoms with Crippen LogP contribution >= 0.6 is 23.2 Å². The lowest BCUT2D eigenvalue weighted by molar-refractivity contribution is -0.119. The van der Waals surface area contributed by atoms with E-state index in [0.29, 0.717) is 22.0 Å². The number of carbonyl (C=O) groups excluding carboxylic acids is 1. The lowest BCUT2D eigenvalue weighted by Gasteiger charge is -2.09. The Labute approximate surface area is 126 Å². The van der Waals surface area contributed by atoms with Crippen LogP contribution in [0.2, 0.25) is 10.0 Å². The lowest BCUT2D eigenvalue weighted by atomic mass is 9.93. The first-order valence-electron chi connectivity index (χ1n) is 6.01. The van der Waals surface area contributed by atoms with E-state index in [4.69, 9.17) is 27.6 Å². The van der Waals surface area contributed by atoms with Gasteiger partial charge >= 0.3 is 0 Å². The van der Waals surface area contributed by atoms with Crippen LogP contribution < -0.4 is 0 Å². The maximum Gasteiger partial charge on any atom is 0.154 e. The number of carbonyl (C=O) groups is 1. The fraction of sp³-hybridized carbons (Fsp3) is 0.200. The molecule has 1 heterocycles. The molecule has 20 heavy (non-hydrogen) atoms. The minimum Gasteiger partial charge on any atom is -0.469 e. The number of nitrogens with zero attached hydrogens (tertiary/aromatic N) is 1. The van der Waals surface area contributed by atoms with Crippen molar-refractivity contribution in [3.05, 3.63) is 58.0 Å². The topological polar surface area (TPSA) is 54.0 Å². The summed E-state index contributed by atoms with van der Waals surface area (Å²) in [5.41, 5.74) is 0.561. The molecule has 0 aliphatic carbocycles. The summed E-state index contributed by atoms with van der Waals surface area (Å²) in [5, 5.41) is 9.93. The van der Waals surface area contributed by atoms with Crippen molar-refractivity contribution in [1.29, 1.82) is 5.26 Å². The van der Waals surface area contributed by atoms with Crippen molar-refractivity contribution < 1.29 is 9.21 Å². The molecule has 5 heteroatoms. The van der Waals surface area contributed by atoms with E-state index in [0.717, 1.165) is 5.76 Å². The lowest BCUT2D eigenvalue weighted by Crippen LogP contribution is -2.11. The molecule has 2 rings (SSSR count). The van der Waals surface area contributed by atoms with E-state index >= 15 is 0 Å². The average molecular weight is 308 g/mol. The van der Waals surface area contributed by atoms with E-state index in [1.165, 1.54) is 0 Å². The van der Waals surface area contributed by atoms with E-state index in [2.05, 4.69) is 0 Å². The fourth-order valence-electron chi connectivity index (χ4n) is 1.87. The van der Waals surface area contributed by atoms with Gasteiger partial charge in [-0.3, -0.25) is 4.79 Å². The Balaban J connectivity index is 2.09. The van der Waals surface area contributed by atoms with E-state index in [1.807, 2.05) is 6.07 Å². The Morgan fingerprint density at radius 2 is 2.10 bits per heavy atom. The first kappa shape index (κ1) is 14.6. The van der Waals surface area contributed by atoms with E-state index in [-0.39, 0.29) is 12.2 Å². The summed E-state index contributed by atoms with van der Waals surface area (Å²) in [5.74, 6) is -0.272. The van der Waals surface area contributed by atoms with Crippen molar-refractivity contribution in [1.82, 2.24) is 0 Å². The van der Waals surface area contributed by atoms with Crippen LogP contribution in [0.5, 0.6) is 0 Å². The maximum atomic E-state index is 12.1. The number of halogens is 2. The SMILES string of the molecule is N#CC(C(=O)CCc1ccco1)c1ccc(Cl)c(Cl)c1. The second kappa shape index (κ2) is 6.60. The standard InChI is InChI=1S/C15H11Cl2NO2/c16-13-5-3-10(8-14(13)17)12(9-18)15(19)6-4-11-2-1-7-20-11/h1-3,5,7-8,12H,4,6H2. The Bertz CT molecular complexity index is 644. The normalized spacial score (nSPS) is 11.8. The largest absolute Gasteiger partial charge is 0.469 e. The van der Waals surface area contributed by atoms with Gasteiger partial charge in [-0.05, 0) is 29.8 Å². The van der Waals surface area contributed by atoms with E-state index in [9.17, 15) is 10.1 Å². The van der Waals surface area contributed by atoms with Crippen molar-refractivity contribution in [2.75, 3.05) is 0 Å². The number of hydrogen-bond donors (Lipinski definition) is 0. The van der Waals surface area contributed by atoms with Crippen molar-refractivity contribution in [2.24, 2.45) is 0 Å². The Morgan fingerprint density at radius 3 is 2.70 bits per heavy atom. The molecule has 0 spiro atoms. The van der Waals surface area contributed by atoms with Crippen LogP contribution in [0.25, 0.3) is 0 Å². The van der Waals surface area contributed by atoms with Crippen LogP contribution in [0.15, 0.2) is 41.0 Å². The Kier molecular flexibility index (Phi) is 4.84. The average Bonchev–Trinajstić information content (AvgIpc) is 2.94. The quantitative estimate of drug-likeness (QED) is 0.823. The summed E-state index contributed by atoms with van der Waals surface area (Å²) in [4.78, 5) is 12.1. The van der Waals surface area contributed by atoms with Crippen LogP contribution in [-0.4, -0.2) is 5.78 Å². The zero-order valence-corrected chi connectivity index (χ0v) is 12.0. The van der Waals surface area contributed by atoms with Gasteiger partial charge in [0.1, 0.15) is 11.7 Å². The Morgan fingerprint density at radius 1 is 1.30 bits per heavy atom. The summed E-state index contributed by atoms with van der Waals surface area (Å²) in [6.07, 6.45) is 2.28. The second-order valence-electron chi connectivity index (χ2n) is 4.28. The van der Waals surface area contributed by atoms with Crippen LogP contribution in [0.3, 0.4) is 0 Å². The van der Waals surface area contributed by atoms with Crippen LogP contribution in [0, 0.1) is 11.3 Å². The number of nitriles is 1. The monoisotopic (exact) mass is 307 g/mol. The molecule has 0 radical (unpaired) electrons. The molecule has 1 atom stereocenters. The maximum absolute atomic E-state index is 12.1. The van der Waals surface area contributed by atoms with Crippen LogP contribution in [0.1, 0.15) is 23.7 Å². The molecule has 1 aromatic heterocycles. The second-order valence-corrected chi connectivity index (χ2v) is 5.10. The van der Waals surface area contributed by atoms with Crippen molar-refractivity contribution >= 4 is 29.0 Å². The molecule has 3 nitrogen and oxygen atoms in total. The summed E-state index contributed by atoms with van der Waals surface area (Å²) >= 11 is 11.7. The first-order valence-corrected chi connectivity index (χ1v) is 6.77. The zero-order chi connectivity index (χ0) is 14.5. The van der Waals surface area contributed by atoms with Crippen molar-refractivity contribution in [2.45, 2.75) is 18.8 Å². The van der Waals surface area contributed by atoms with Gasteiger partial charge in [-0.2, -0.15) is 5.26 Å². The molecule has 1 aromatic carbocycles. The van der Waals surface area contributed by atoms with Crippen molar-refractivity contribution in [3.8, 4) is 6.07 Å². The van der Waals surface area contributed by atoms with E-state index < -0.39 is 5.92 Å². The van der Waals surface area contributed by atoms with Crippen LogP contribution in [0.4, 0.5) is 0 Å². The molecule has 0 aliphatic rings. The summed E-state index contributed by atoms with van der Waals surface area (Å²) in [7, 11) is 0. The third kappa shape index (κ3) is 3.41. The number of benzene rings is 1. The number of Topliss-reactive ketones (excluding diaryl/α,β-unsaturated/α-hetero) is 1. The highest BCUT2D eigenvalue weighted by Gasteiger charge is 2.20. The summed E-state index contributed by atoms with van der Waals surface area (Å²) in [6.45, 7) is 0. The minimum absolute atomic E-state index is 0.165. The molecule has 0 bridgehead atoms. The number of rotatable bonds is 5. The minimum atomic E-state index is -0.834. The van der Waals surface area contributed by atoms with Gasteiger partial charge in [0.2, 0.25) is 0 Å². The third-order valence-electron chi connectivity index (χ3n) is 2.93. The number of aryl methyl sites for hydroxylation is 1. The van der Waals surface area contributed by atoms with Gasteiger partial charge in [0.15, 0.2) is 5.78 Å². The Hall–Kier alpha value is -1.76. The molecular formula is C15H11Cl2NO2. The summed E-state index contributed by atoms with van der Waals surface area (Å²) in [6, 6.07) is 10.4. The molecule has 2 aromatic rings. The van der Waals surface area contributed by atoms with Gasteiger partial charge in [0, 0.05) is 12.8 Å². The number of hydrogen-bond acceptors (Lipinski definition) is 3. The number of ketones is 1. The smallest absolute Gasteiger partial charge is 0.154 e. The molecule has 0 N–H and O–H groups in total. The molecule has 0 aliphatic heterocycles. The van der Waals surface area contributed by atoms with Gasteiger partial charge < -0.3 is 4.42 Å². The predicted octanol–water partition coefficient (Wildman–Crippen LogP) is 4.40. The van der Waals surface area contributed by atoms with Gasteiger partial charge in [-0.25, -0.2) is 0 Å². The molecule has 0 saturated heterocycles. The first-order chi connectivity index (χ1) is 9.61. The van der Waals surface area contributed by atoms with Crippen molar-refractivity contribution in [3.63, 3.8) is 0 Å². The zero-order valence-electron chi connectivity index (χ0n) is 10.5. The molecule has 102 valence electrons.